The molecule has 0 aromatic carbocycles. The van der Waals surface area contributed by atoms with Crippen LogP contribution >= 0.6 is 0 Å². The van der Waals surface area contributed by atoms with Crippen molar-refractivity contribution >= 4 is 13.1 Å². The lowest BCUT2D eigenvalue weighted by atomic mass is 9.83. The monoisotopic (exact) mass is 244 g/mol. The van der Waals surface area contributed by atoms with Gasteiger partial charge in [-0.3, -0.25) is 4.79 Å². The van der Waals surface area contributed by atoms with Gasteiger partial charge in [0.15, 0.2) is 0 Å². The smallest absolute Gasteiger partial charge is 0.451 e. The van der Waals surface area contributed by atoms with Crippen LogP contribution in [0.3, 0.4) is 0 Å². The Hall–Kier alpha value is -0.625. The average molecular weight is 244 g/mol. The highest BCUT2D eigenvalue weighted by molar-refractivity contribution is 6.40. The predicted molar refractivity (Wildman–Crippen MR) is 64.7 cm³/mol. The molecule has 7 heteroatoms. The maximum atomic E-state index is 10.9. The van der Waals surface area contributed by atoms with E-state index in [1.807, 2.05) is 0 Å². The molecule has 2 atom stereocenters. The minimum absolute atomic E-state index is 0.205. The first-order chi connectivity index (χ1) is 8.09. The summed E-state index contributed by atoms with van der Waals surface area (Å²) in [5, 5.41) is 32.8. The molecule has 17 heavy (non-hydrogen) atoms. The first kappa shape index (κ1) is 14.4. The van der Waals surface area contributed by atoms with E-state index >= 15 is 0 Å². The molecule has 5 N–H and O–H groups in total. The van der Waals surface area contributed by atoms with Crippen LogP contribution in [0.5, 0.6) is 0 Å². The molecule has 0 unspecified atom stereocenters. The van der Waals surface area contributed by atoms with Crippen molar-refractivity contribution < 1.29 is 19.9 Å². The molecule has 0 aromatic rings. The van der Waals surface area contributed by atoms with Crippen LogP contribution in [0.2, 0.25) is 6.32 Å². The quantitative estimate of drug-likeness (QED) is 0.399. The van der Waals surface area contributed by atoms with Gasteiger partial charge >= 0.3 is 13.1 Å². The number of rotatable bonds is 5. The van der Waals surface area contributed by atoms with Crippen LogP contribution in [0.1, 0.15) is 25.7 Å². The number of hydrogen-bond donors (Lipinski definition) is 5. The summed E-state index contributed by atoms with van der Waals surface area (Å²) in [6.45, 7) is 1.43. The van der Waals surface area contributed by atoms with Crippen molar-refractivity contribution in [3.05, 3.63) is 0 Å². The highest BCUT2D eigenvalue weighted by Gasteiger charge is 2.21. The molecule has 0 aromatic heterocycles. The van der Waals surface area contributed by atoms with Crippen LogP contribution < -0.4 is 10.6 Å². The van der Waals surface area contributed by atoms with E-state index in [-0.39, 0.29) is 6.04 Å². The van der Waals surface area contributed by atoms with Crippen LogP contribution in [0.25, 0.3) is 0 Å². The topological polar surface area (TPSA) is 102 Å². The molecule has 1 fully saturated rings. The maximum Gasteiger partial charge on any atom is 0.451 e. The zero-order valence-electron chi connectivity index (χ0n) is 9.93. The lowest BCUT2D eigenvalue weighted by Crippen LogP contribution is -2.48. The minimum Gasteiger partial charge on any atom is -0.480 e. The normalized spacial score (nSPS) is 26.0. The molecule has 1 rings (SSSR count). The van der Waals surface area contributed by atoms with E-state index < -0.39 is 19.1 Å². The fourth-order valence-electron chi connectivity index (χ4n) is 2.03. The zero-order valence-corrected chi connectivity index (χ0v) is 9.93. The fourth-order valence-corrected chi connectivity index (χ4v) is 2.03. The lowest BCUT2D eigenvalue weighted by Gasteiger charge is -2.25. The Labute approximate surface area is 102 Å². The molecule has 98 valence electrons. The first-order valence-corrected chi connectivity index (χ1v) is 6.15. The van der Waals surface area contributed by atoms with Gasteiger partial charge in [-0.05, 0) is 32.1 Å². The summed E-state index contributed by atoms with van der Waals surface area (Å²) in [4.78, 5) is 10.9. The van der Waals surface area contributed by atoms with Crippen molar-refractivity contribution in [1.29, 1.82) is 0 Å². The molecular weight excluding hydrogens is 223 g/mol. The second-order valence-corrected chi connectivity index (χ2v) is 4.50. The molecule has 0 amide bonds. The van der Waals surface area contributed by atoms with Gasteiger partial charge in [-0.2, -0.15) is 0 Å². The number of carbonyl (C=O) groups is 1. The third-order valence-electron chi connectivity index (χ3n) is 3.03. The van der Waals surface area contributed by atoms with E-state index in [0.717, 1.165) is 25.8 Å². The van der Waals surface area contributed by atoms with Gasteiger partial charge in [0.1, 0.15) is 6.04 Å². The molecule has 6 nitrogen and oxygen atoms in total. The van der Waals surface area contributed by atoms with Gasteiger partial charge in [-0.1, -0.05) is 6.42 Å². The lowest BCUT2D eigenvalue weighted by molar-refractivity contribution is -0.139. The van der Waals surface area contributed by atoms with Crippen LogP contribution in [-0.4, -0.2) is 53.4 Å². The van der Waals surface area contributed by atoms with Crippen LogP contribution in [0.4, 0.5) is 0 Å². The van der Waals surface area contributed by atoms with Gasteiger partial charge < -0.3 is 25.8 Å². The summed E-state index contributed by atoms with van der Waals surface area (Å²) in [5.41, 5.74) is 0. The second kappa shape index (κ2) is 7.65. The van der Waals surface area contributed by atoms with Gasteiger partial charge in [0.25, 0.3) is 0 Å². The van der Waals surface area contributed by atoms with Crippen LogP contribution in [-0.2, 0) is 4.79 Å². The molecule has 1 saturated heterocycles. The van der Waals surface area contributed by atoms with Gasteiger partial charge in [0, 0.05) is 12.6 Å². The van der Waals surface area contributed by atoms with E-state index in [2.05, 4.69) is 10.6 Å². The zero-order chi connectivity index (χ0) is 12.7. The Morgan fingerprint density at radius 3 is 2.76 bits per heavy atom. The summed E-state index contributed by atoms with van der Waals surface area (Å²) in [7, 11) is -1.25. The molecule has 0 radical (unpaired) electrons. The minimum atomic E-state index is -1.25. The third kappa shape index (κ3) is 6.02. The summed E-state index contributed by atoms with van der Waals surface area (Å²) in [6, 6.07) is -0.251. The number of nitrogens with one attached hydrogen (secondary N) is 2. The van der Waals surface area contributed by atoms with Gasteiger partial charge in [0.2, 0.25) is 0 Å². The molecule has 0 spiro atoms. The highest BCUT2D eigenvalue weighted by atomic mass is 16.4. The van der Waals surface area contributed by atoms with Crippen molar-refractivity contribution in [3.8, 4) is 0 Å². The third-order valence-corrected chi connectivity index (χ3v) is 3.03. The molecule has 0 saturated carbocycles. The van der Waals surface area contributed by atoms with E-state index in [1.54, 1.807) is 0 Å². The van der Waals surface area contributed by atoms with Crippen molar-refractivity contribution in [2.24, 2.45) is 0 Å². The first-order valence-electron chi connectivity index (χ1n) is 6.15. The molecular formula is C10H21BN2O4. The Balaban J connectivity index is 2.28. The summed E-state index contributed by atoms with van der Waals surface area (Å²) < 4.78 is 0. The van der Waals surface area contributed by atoms with Gasteiger partial charge in [0.05, 0.1) is 0 Å². The van der Waals surface area contributed by atoms with Crippen LogP contribution in [0.15, 0.2) is 0 Å². The maximum absolute atomic E-state index is 10.9. The van der Waals surface area contributed by atoms with Crippen LogP contribution in [0, 0.1) is 0 Å². The second-order valence-electron chi connectivity index (χ2n) is 4.50. The molecule has 1 aliphatic rings. The predicted octanol–water partition coefficient (Wildman–Crippen LogP) is -0.966. The molecule has 1 heterocycles. The van der Waals surface area contributed by atoms with E-state index in [0.29, 0.717) is 19.3 Å². The van der Waals surface area contributed by atoms with Crippen molar-refractivity contribution in [2.75, 3.05) is 13.1 Å². The Morgan fingerprint density at radius 1 is 1.35 bits per heavy atom. The number of hydrogen-bond acceptors (Lipinski definition) is 5. The average Bonchev–Trinajstić information content (AvgIpc) is 2.20. The summed E-state index contributed by atoms with van der Waals surface area (Å²) in [5.74, 6) is -0.795. The summed E-state index contributed by atoms with van der Waals surface area (Å²) >= 11 is 0. The summed E-state index contributed by atoms with van der Waals surface area (Å²) in [6.07, 6.45) is 3.37. The highest BCUT2D eigenvalue weighted by Crippen LogP contribution is 2.06. The van der Waals surface area contributed by atoms with Gasteiger partial charge in [-0.25, -0.2) is 0 Å². The standard InChI is InChI=1S/C10H21BN2O4/c14-10(15)9-4-2-6-12-8(7-13-9)3-1-5-11(16)17/h8-9,12-13,16-17H,1-7H2,(H,14,15)/t8-,9+/m1/s1. The van der Waals surface area contributed by atoms with Crippen molar-refractivity contribution in [2.45, 2.75) is 44.1 Å². The van der Waals surface area contributed by atoms with Crippen molar-refractivity contribution in [1.82, 2.24) is 10.6 Å². The number of aliphatic carboxylic acids is 1. The van der Waals surface area contributed by atoms with Crippen molar-refractivity contribution in [3.63, 3.8) is 0 Å². The Kier molecular flexibility index (Phi) is 6.50. The molecule has 1 aliphatic heterocycles. The molecule has 0 bridgehead atoms. The fraction of sp³-hybridized carbons (Fsp3) is 0.900. The Morgan fingerprint density at radius 2 is 2.12 bits per heavy atom. The van der Waals surface area contributed by atoms with E-state index in [4.69, 9.17) is 15.2 Å². The largest absolute Gasteiger partial charge is 0.480 e. The molecule has 0 aliphatic carbocycles. The number of carboxylic acid groups (broad SMARTS) is 1. The number of carboxylic acids is 1. The van der Waals surface area contributed by atoms with E-state index in [9.17, 15) is 4.79 Å². The van der Waals surface area contributed by atoms with E-state index in [1.165, 1.54) is 0 Å². The van der Waals surface area contributed by atoms with Gasteiger partial charge in [-0.15, -0.1) is 0 Å². The SMILES string of the molecule is O=C(O)[C@@H]1CCCN[C@H](CCCB(O)O)CN1. The Bertz CT molecular complexity index is 240.